The van der Waals surface area contributed by atoms with Crippen molar-refractivity contribution in [2.75, 3.05) is 23.9 Å². The molecule has 33 heavy (non-hydrogen) atoms. The lowest BCUT2D eigenvalue weighted by Crippen LogP contribution is -2.24. The summed E-state index contributed by atoms with van der Waals surface area (Å²) in [6.07, 6.45) is 5.30. The second-order valence-electron chi connectivity index (χ2n) is 8.02. The summed E-state index contributed by atoms with van der Waals surface area (Å²) in [5.41, 5.74) is 4.06. The largest absolute Gasteiger partial charge is 0.495 e. The fourth-order valence-corrected chi connectivity index (χ4v) is 4.17. The Morgan fingerprint density at radius 2 is 2.06 bits per heavy atom. The predicted molar refractivity (Wildman–Crippen MR) is 126 cm³/mol. The normalized spacial score (nSPS) is 17.0. The summed E-state index contributed by atoms with van der Waals surface area (Å²) in [6.45, 7) is 2.63. The number of benzene rings is 2. The van der Waals surface area contributed by atoms with E-state index < -0.39 is 0 Å². The molecular weight excluding hydrogens is 423 g/mol. The van der Waals surface area contributed by atoms with Crippen molar-refractivity contribution in [3.8, 4) is 5.75 Å². The van der Waals surface area contributed by atoms with Crippen LogP contribution in [0.4, 0.5) is 15.9 Å². The van der Waals surface area contributed by atoms with Crippen LogP contribution in [0.15, 0.2) is 59.2 Å². The Morgan fingerprint density at radius 1 is 1.24 bits per heavy atom. The van der Waals surface area contributed by atoms with E-state index in [0.717, 1.165) is 29.1 Å². The number of hydrogen-bond donors (Lipinski definition) is 1. The summed E-state index contributed by atoms with van der Waals surface area (Å²) >= 11 is 0. The molecule has 1 aromatic heterocycles. The molecule has 0 bridgehead atoms. The number of hydrogen-bond acceptors (Lipinski definition) is 6. The Balaban J connectivity index is 0.00000274. The summed E-state index contributed by atoms with van der Waals surface area (Å²) in [5, 5.41) is 11.3. The van der Waals surface area contributed by atoms with E-state index in [4.69, 9.17) is 4.74 Å². The molecular formula is C24H25FN6O2. The van der Waals surface area contributed by atoms with E-state index in [9.17, 15) is 9.18 Å². The Morgan fingerprint density at radius 3 is 2.79 bits per heavy atom. The number of anilines is 2. The quantitative estimate of drug-likeness (QED) is 0.632. The van der Waals surface area contributed by atoms with E-state index in [-0.39, 0.29) is 19.2 Å². The van der Waals surface area contributed by atoms with Crippen LogP contribution in [-0.4, -0.2) is 40.9 Å². The molecule has 2 aliphatic rings. The fraction of sp³-hybridized carbons (Fsp3) is 0.250. The average Bonchev–Trinajstić information content (AvgIpc) is 3.43. The maximum absolute atomic E-state index is 13.3. The van der Waals surface area contributed by atoms with Gasteiger partial charge in [-0.3, -0.25) is 4.79 Å². The first-order valence-corrected chi connectivity index (χ1v) is 10.7. The van der Waals surface area contributed by atoms with Crippen molar-refractivity contribution in [3.63, 3.8) is 0 Å². The SMILES string of the molecule is COc1cc(C(=O)Nc2nnn3c2CCC3c2ccc(F)cc2)ccc1N1C=NC(C)=CC1.[HH]. The molecule has 3 heterocycles. The summed E-state index contributed by atoms with van der Waals surface area (Å²) in [7, 11) is 1.57. The first-order chi connectivity index (χ1) is 16.0. The van der Waals surface area contributed by atoms with Crippen molar-refractivity contribution < 1.29 is 15.3 Å². The van der Waals surface area contributed by atoms with Crippen molar-refractivity contribution in [1.82, 2.24) is 15.0 Å². The number of fused-ring (bicyclic) bond motifs is 1. The monoisotopic (exact) mass is 448 g/mol. The second kappa shape index (κ2) is 8.50. The van der Waals surface area contributed by atoms with Gasteiger partial charge in [-0.25, -0.2) is 14.1 Å². The van der Waals surface area contributed by atoms with E-state index in [2.05, 4.69) is 20.6 Å². The van der Waals surface area contributed by atoms with E-state index >= 15 is 0 Å². The van der Waals surface area contributed by atoms with Crippen molar-refractivity contribution in [1.29, 1.82) is 0 Å². The maximum atomic E-state index is 13.3. The van der Waals surface area contributed by atoms with Crippen molar-refractivity contribution in [2.24, 2.45) is 4.99 Å². The van der Waals surface area contributed by atoms with Gasteiger partial charge >= 0.3 is 0 Å². The Hall–Kier alpha value is -4.01. The zero-order valence-electron chi connectivity index (χ0n) is 18.3. The number of allylic oxidation sites excluding steroid dienone is 1. The minimum atomic E-state index is -0.295. The Kier molecular flexibility index (Phi) is 5.37. The average molecular weight is 449 g/mol. The molecule has 0 saturated heterocycles. The number of nitrogens with zero attached hydrogens (tertiary/aromatic N) is 5. The van der Waals surface area contributed by atoms with Gasteiger partial charge in [-0.1, -0.05) is 17.3 Å². The van der Waals surface area contributed by atoms with Crippen molar-refractivity contribution in [2.45, 2.75) is 25.8 Å². The van der Waals surface area contributed by atoms with Gasteiger partial charge < -0.3 is 15.0 Å². The number of halogens is 1. The third-order valence-electron chi connectivity index (χ3n) is 5.96. The van der Waals surface area contributed by atoms with Gasteiger partial charge in [-0.05, 0) is 61.7 Å². The highest BCUT2D eigenvalue weighted by molar-refractivity contribution is 6.05. The molecule has 5 rings (SSSR count). The second-order valence-corrected chi connectivity index (χ2v) is 8.02. The van der Waals surface area contributed by atoms with E-state index in [0.29, 0.717) is 30.1 Å². The molecule has 0 spiro atoms. The number of ether oxygens (including phenoxy) is 1. The molecule has 3 aromatic rings. The molecule has 0 aliphatic carbocycles. The van der Waals surface area contributed by atoms with Gasteiger partial charge in [-0.15, -0.1) is 5.10 Å². The molecule has 2 aliphatic heterocycles. The molecule has 0 fully saturated rings. The minimum Gasteiger partial charge on any atom is -0.495 e. The number of carbonyl (C=O) groups is 1. The van der Waals surface area contributed by atoms with Crippen LogP contribution < -0.4 is 15.0 Å². The maximum Gasteiger partial charge on any atom is 0.257 e. The highest BCUT2D eigenvalue weighted by Gasteiger charge is 2.29. The van der Waals surface area contributed by atoms with E-state index in [1.54, 1.807) is 42.4 Å². The highest BCUT2D eigenvalue weighted by Crippen LogP contribution is 2.34. The van der Waals surface area contributed by atoms with Gasteiger partial charge in [-0.2, -0.15) is 0 Å². The first-order valence-electron chi connectivity index (χ1n) is 10.7. The van der Waals surface area contributed by atoms with Gasteiger partial charge in [0.05, 0.1) is 30.9 Å². The van der Waals surface area contributed by atoms with Crippen LogP contribution in [-0.2, 0) is 6.42 Å². The van der Waals surface area contributed by atoms with Gasteiger partial charge in [0, 0.05) is 19.2 Å². The standard InChI is InChI=1S/C24H23FN6O2.H2/c1-15-11-12-30(14-26-15)20-8-5-17(13-22(20)33-2)24(32)27-23-21-10-9-19(31(21)29-28-23)16-3-6-18(25)7-4-16;/h3-8,11,13-14,19H,9-10,12H2,1-2H3,(H,27,32);1H. The summed E-state index contributed by atoms with van der Waals surface area (Å²) in [5.74, 6) is 0.448. The molecule has 0 radical (unpaired) electrons. The number of amides is 1. The van der Waals surface area contributed by atoms with Gasteiger partial charge in [0.25, 0.3) is 5.91 Å². The van der Waals surface area contributed by atoms with Gasteiger partial charge in [0.2, 0.25) is 0 Å². The number of carbonyl (C=O) groups excluding carboxylic acids is 1. The molecule has 0 saturated carbocycles. The Labute approximate surface area is 191 Å². The number of rotatable bonds is 5. The zero-order chi connectivity index (χ0) is 22.9. The van der Waals surface area contributed by atoms with E-state index in [1.165, 1.54) is 12.1 Å². The molecule has 2 aromatic carbocycles. The topological polar surface area (TPSA) is 84.6 Å². The molecule has 9 heteroatoms. The number of aliphatic imine (C=N–C) groups is 1. The van der Waals surface area contributed by atoms with E-state index in [1.807, 2.05) is 24.0 Å². The molecule has 1 N–H and O–H groups in total. The predicted octanol–water partition coefficient (Wildman–Crippen LogP) is 4.21. The summed E-state index contributed by atoms with van der Waals surface area (Å²) < 4.78 is 20.6. The lowest BCUT2D eigenvalue weighted by atomic mass is 10.1. The lowest BCUT2D eigenvalue weighted by Gasteiger charge is -2.23. The van der Waals surface area contributed by atoms with Gasteiger partial charge in [0.1, 0.15) is 11.6 Å². The number of aromatic nitrogens is 3. The van der Waals surface area contributed by atoms with Gasteiger partial charge in [0.15, 0.2) is 5.82 Å². The molecule has 170 valence electrons. The Bertz CT molecular complexity index is 1270. The molecule has 1 amide bonds. The molecule has 1 unspecified atom stereocenters. The van der Waals surface area contributed by atoms with Crippen LogP contribution >= 0.6 is 0 Å². The van der Waals surface area contributed by atoms with Crippen molar-refractivity contribution >= 4 is 23.8 Å². The minimum absolute atomic E-state index is 0. The number of nitrogens with one attached hydrogen (secondary N) is 1. The summed E-state index contributed by atoms with van der Waals surface area (Å²) in [4.78, 5) is 19.2. The first kappa shape index (κ1) is 20.9. The smallest absolute Gasteiger partial charge is 0.257 e. The van der Waals surface area contributed by atoms with Crippen LogP contribution in [0.2, 0.25) is 0 Å². The van der Waals surface area contributed by atoms with Crippen molar-refractivity contribution in [3.05, 3.63) is 76.9 Å². The number of methoxy groups -OCH3 is 1. The third-order valence-corrected chi connectivity index (χ3v) is 5.96. The third kappa shape index (κ3) is 3.97. The highest BCUT2D eigenvalue weighted by atomic mass is 19.1. The molecule has 8 nitrogen and oxygen atoms in total. The molecule has 1 atom stereocenters. The van der Waals surface area contributed by atoms with Crippen LogP contribution in [0.1, 0.15) is 42.4 Å². The fourth-order valence-electron chi connectivity index (χ4n) is 4.17. The van der Waals surface area contributed by atoms with Crippen LogP contribution in [0.3, 0.4) is 0 Å². The zero-order valence-corrected chi connectivity index (χ0v) is 18.3. The lowest BCUT2D eigenvalue weighted by molar-refractivity contribution is 0.102. The van der Waals surface area contributed by atoms with Crippen LogP contribution in [0.25, 0.3) is 0 Å². The summed E-state index contributed by atoms with van der Waals surface area (Å²) in [6, 6.07) is 11.7. The van der Waals surface area contributed by atoms with Crippen LogP contribution in [0, 0.1) is 5.82 Å². The van der Waals surface area contributed by atoms with Crippen LogP contribution in [0.5, 0.6) is 5.75 Å².